The molecular weight excluding hydrogens is 400 g/mol. The quantitative estimate of drug-likeness (QED) is 0.290. The van der Waals surface area contributed by atoms with Crippen LogP contribution in [-0.4, -0.2) is 39.3 Å². The van der Waals surface area contributed by atoms with Crippen molar-refractivity contribution in [1.82, 2.24) is 0 Å². The fraction of sp³-hybridized carbons (Fsp3) is 0.321. The van der Waals surface area contributed by atoms with Crippen LogP contribution in [0.15, 0.2) is 91.0 Å². The molecule has 4 nitrogen and oxygen atoms in total. The molecule has 0 radical (unpaired) electrons. The zero-order valence-electron chi connectivity index (χ0n) is 19.0. The predicted octanol–water partition coefficient (Wildman–Crippen LogP) is 5.25. The maximum absolute atomic E-state index is 11.3. The summed E-state index contributed by atoms with van der Waals surface area (Å²) in [7, 11) is 3.29. The minimum Gasteiger partial charge on any atom is -0.381 e. The monoisotopic (exact) mass is 432 g/mol. The van der Waals surface area contributed by atoms with E-state index in [0.717, 1.165) is 23.0 Å². The highest BCUT2D eigenvalue weighted by atomic mass is 16.5. The molecule has 0 spiro atoms. The van der Waals surface area contributed by atoms with E-state index in [0.29, 0.717) is 13.0 Å². The Hall–Kier alpha value is -2.79. The Bertz CT molecular complexity index is 831. The Morgan fingerprint density at radius 3 is 1.53 bits per heavy atom. The van der Waals surface area contributed by atoms with E-state index in [1.165, 1.54) is 0 Å². The van der Waals surface area contributed by atoms with E-state index in [1.54, 1.807) is 14.2 Å². The highest BCUT2D eigenvalue weighted by Crippen LogP contribution is 2.40. The summed E-state index contributed by atoms with van der Waals surface area (Å²) in [5, 5.41) is 0. The van der Waals surface area contributed by atoms with Gasteiger partial charge in [-0.25, -0.2) is 0 Å². The average molecular weight is 433 g/mol. The van der Waals surface area contributed by atoms with Gasteiger partial charge in [-0.05, 0) is 16.7 Å². The van der Waals surface area contributed by atoms with Crippen LogP contribution in [0.2, 0.25) is 0 Å². The number of hydrogen-bond acceptors (Lipinski definition) is 4. The molecule has 0 aliphatic rings. The van der Waals surface area contributed by atoms with Crippen molar-refractivity contribution in [1.29, 1.82) is 0 Å². The van der Waals surface area contributed by atoms with E-state index in [1.807, 2.05) is 61.5 Å². The van der Waals surface area contributed by atoms with Gasteiger partial charge in [0.05, 0.1) is 18.8 Å². The van der Waals surface area contributed by atoms with Gasteiger partial charge in [0.1, 0.15) is 11.9 Å². The molecule has 3 rings (SSSR count). The Morgan fingerprint density at radius 2 is 1.19 bits per heavy atom. The van der Waals surface area contributed by atoms with Gasteiger partial charge >= 0.3 is 0 Å². The predicted molar refractivity (Wildman–Crippen MR) is 127 cm³/mol. The van der Waals surface area contributed by atoms with Crippen LogP contribution in [-0.2, 0) is 24.6 Å². The van der Waals surface area contributed by atoms with Crippen LogP contribution in [0.25, 0.3) is 0 Å². The lowest BCUT2D eigenvalue weighted by Gasteiger charge is -2.37. The van der Waals surface area contributed by atoms with Crippen molar-refractivity contribution in [3.8, 4) is 0 Å². The van der Waals surface area contributed by atoms with E-state index >= 15 is 0 Å². The lowest BCUT2D eigenvalue weighted by molar-refractivity contribution is -0.117. The number of ether oxygens (including phenoxy) is 3. The zero-order valence-corrected chi connectivity index (χ0v) is 19.0. The Labute approximate surface area is 191 Å². The molecule has 32 heavy (non-hydrogen) atoms. The summed E-state index contributed by atoms with van der Waals surface area (Å²) in [4.78, 5) is 11.3. The normalized spacial score (nSPS) is 14.5. The standard InChI is InChI=1S/C28H32O4/c1-22(20-29)27(31-3)19-26(30-2)21-32-28(23-13-7-4-8-14-23,24-15-9-5-10-16-24)25-17-11-6-12-18-25/h4-18,20,22,26-27H,19,21H2,1-3H3/t22-,26+,27-/m0/s1. The summed E-state index contributed by atoms with van der Waals surface area (Å²) >= 11 is 0. The van der Waals surface area contributed by atoms with E-state index < -0.39 is 5.60 Å². The molecule has 0 unspecified atom stereocenters. The van der Waals surface area contributed by atoms with Gasteiger partial charge in [0.2, 0.25) is 0 Å². The van der Waals surface area contributed by atoms with Gasteiger partial charge in [-0.3, -0.25) is 0 Å². The summed E-state index contributed by atoms with van der Waals surface area (Å²) in [6.45, 7) is 2.19. The molecule has 0 saturated heterocycles. The fourth-order valence-corrected chi connectivity index (χ4v) is 4.09. The summed E-state index contributed by atoms with van der Waals surface area (Å²) in [5.74, 6) is -0.222. The zero-order chi connectivity index (χ0) is 22.8. The second kappa shape index (κ2) is 11.7. The Balaban J connectivity index is 2.02. The molecule has 0 aliphatic carbocycles. The molecule has 168 valence electrons. The Morgan fingerprint density at radius 1 is 0.750 bits per heavy atom. The lowest BCUT2D eigenvalue weighted by atomic mass is 9.80. The van der Waals surface area contributed by atoms with Gasteiger partial charge < -0.3 is 19.0 Å². The number of methoxy groups -OCH3 is 2. The third-order valence-electron chi connectivity index (χ3n) is 5.96. The Kier molecular flexibility index (Phi) is 8.74. The van der Waals surface area contributed by atoms with Gasteiger partial charge in [0.25, 0.3) is 0 Å². The van der Waals surface area contributed by atoms with E-state index in [9.17, 15) is 4.79 Å². The first-order valence-electron chi connectivity index (χ1n) is 11.0. The van der Waals surface area contributed by atoms with E-state index in [-0.39, 0.29) is 18.1 Å². The van der Waals surface area contributed by atoms with Crippen LogP contribution < -0.4 is 0 Å². The van der Waals surface area contributed by atoms with Crippen LogP contribution in [0.4, 0.5) is 0 Å². The molecule has 0 fully saturated rings. The number of carbonyl (C=O) groups excluding carboxylic acids is 1. The van der Waals surface area contributed by atoms with E-state index in [4.69, 9.17) is 14.2 Å². The van der Waals surface area contributed by atoms with Gasteiger partial charge in [0.15, 0.2) is 0 Å². The molecule has 3 atom stereocenters. The number of rotatable bonds is 12. The SMILES string of the molecule is CO[C@@H](COC(c1ccccc1)(c1ccccc1)c1ccccc1)C[C@H](OC)[C@@H](C)C=O. The molecule has 3 aromatic carbocycles. The second-order valence-corrected chi connectivity index (χ2v) is 7.95. The van der Waals surface area contributed by atoms with Crippen LogP contribution in [0.3, 0.4) is 0 Å². The number of aldehydes is 1. The van der Waals surface area contributed by atoms with E-state index in [2.05, 4.69) is 36.4 Å². The minimum absolute atomic E-state index is 0.222. The largest absolute Gasteiger partial charge is 0.381 e. The number of carbonyl (C=O) groups is 1. The van der Waals surface area contributed by atoms with Crippen molar-refractivity contribution in [2.75, 3.05) is 20.8 Å². The third kappa shape index (κ3) is 5.33. The van der Waals surface area contributed by atoms with Crippen molar-refractivity contribution < 1.29 is 19.0 Å². The third-order valence-corrected chi connectivity index (χ3v) is 5.96. The van der Waals surface area contributed by atoms with Crippen molar-refractivity contribution in [2.45, 2.75) is 31.2 Å². The lowest BCUT2D eigenvalue weighted by Crippen LogP contribution is -2.38. The molecule has 0 amide bonds. The van der Waals surface area contributed by atoms with Crippen LogP contribution in [0, 0.1) is 5.92 Å². The molecule has 0 heterocycles. The van der Waals surface area contributed by atoms with Crippen molar-refractivity contribution in [3.05, 3.63) is 108 Å². The maximum Gasteiger partial charge on any atom is 0.143 e. The summed E-state index contributed by atoms with van der Waals surface area (Å²) in [6, 6.07) is 30.7. The first kappa shape index (κ1) is 23.9. The van der Waals surface area contributed by atoms with Crippen molar-refractivity contribution >= 4 is 6.29 Å². The molecular formula is C28H32O4. The molecule has 0 aromatic heterocycles. The topological polar surface area (TPSA) is 44.8 Å². The first-order chi connectivity index (χ1) is 15.7. The fourth-order valence-electron chi connectivity index (χ4n) is 4.09. The smallest absolute Gasteiger partial charge is 0.143 e. The molecule has 4 heteroatoms. The van der Waals surface area contributed by atoms with Crippen LogP contribution in [0.1, 0.15) is 30.0 Å². The molecule has 0 bridgehead atoms. The molecule has 0 N–H and O–H groups in total. The van der Waals surface area contributed by atoms with Crippen molar-refractivity contribution in [2.24, 2.45) is 5.92 Å². The molecule has 0 aliphatic heterocycles. The minimum atomic E-state index is -0.806. The highest BCUT2D eigenvalue weighted by Gasteiger charge is 2.38. The number of hydrogen-bond donors (Lipinski definition) is 0. The van der Waals surface area contributed by atoms with Gasteiger partial charge in [0, 0.05) is 26.6 Å². The van der Waals surface area contributed by atoms with Crippen LogP contribution in [0.5, 0.6) is 0 Å². The molecule has 3 aromatic rings. The van der Waals surface area contributed by atoms with Gasteiger partial charge in [-0.2, -0.15) is 0 Å². The molecule has 0 saturated carbocycles. The second-order valence-electron chi connectivity index (χ2n) is 7.95. The number of benzene rings is 3. The first-order valence-corrected chi connectivity index (χ1v) is 11.0. The highest BCUT2D eigenvalue weighted by molar-refractivity contribution is 5.53. The van der Waals surface area contributed by atoms with Crippen LogP contribution >= 0.6 is 0 Å². The van der Waals surface area contributed by atoms with Crippen molar-refractivity contribution in [3.63, 3.8) is 0 Å². The summed E-state index contributed by atoms with van der Waals surface area (Å²) in [6.07, 6.45) is 1.00. The maximum atomic E-state index is 11.3. The average Bonchev–Trinajstić information content (AvgIpc) is 2.87. The van der Waals surface area contributed by atoms with Gasteiger partial charge in [-0.1, -0.05) is 97.9 Å². The van der Waals surface area contributed by atoms with Gasteiger partial charge in [-0.15, -0.1) is 0 Å². The summed E-state index contributed by atoms with van der Waals surface area (Å²) < 4.78 is 18.1. The summed E-state index contributed by atoms with van der Waals surface area (Å²) in [5.41, 5.74) is 2.31.